The summed E-state index contributed by atoms with van der Waals surface area (Å²) in [4.78, 5) is 15.4. The number of aromatic amines is 2. The van der Waals surface area contributed by atoms with E-state index in [4.69, 9.17) is 0 Å². The molecule has 0 spiro atoms. The summed E-state index contributed by atoms with van der Waals surface area (Å²) >= 11 is 0. The molecule has 1 fully saturated rings. The van der Waals surface area contributed by atoms with E-state index in [1.165, 1.54) is 51.5 Å². The highest BCUT2D eigenvalue weighted by Gasteiger charge is 2.23. The fourth-order valence-electron chi connectivity index (χ4n) is 6.25. The molecule has 1 aliphatic heterocycles. The molecule has 0 bridgehead atoms. The first-order chi connectivity index (χ1) is 18.6. The number of hydrogen-bond donors (Lipinski definition) is 2. The summed E-state index contributed by atoms with van der Waals surface area (Å²) in [6.45, 7) is 7.76. The molecule has 2 aromatic carbocycles. The minimum absolute atomic E-state index is 0.390. The van der Waals surface area contributed by atoms with E-state index in [1.807, 2.05) is 24.7 Å². The van der Waals surface area contributed by atoms with Crippen LogP contribution in [0.2, 0.25) is 0 Å². The first kappa shape index (κ1) is 23.1. The standard InChI is InChI=1S/C32H32N6/c1-20(2)30-26-16-23(7-8-29(26)36-31(30)25-9-12-33-32-27(25)18-35-37-32)22-10-13-38(14-11-22)19-21-15-24-5-3-4-6-28(24)34-17-21/h3-9,12,15-18,20,22,36H,10-11,13-14,19H2,1-2H3,(H,33,35,37). The maximum atomic E-state index is 4.66. The Kier molecular flexibility index (Phi) is 5.70. The van der Waals surface area contributed by atoms with Crippen LogP contribution in [0, 0.1) is 0 Å². The largest absolute Gasteiger partial charge is 0.354 e. The summed E-state index contributed by atoms with van der Waals surface area (Å²) in [7, 11) is 0. The summed E-state index contributed by atoms with van der Waals surface area (Å²) in [5.41, 5.74) is 9.55. The predicted molar refractivity (Wildman–Crippen MR) is 154 cm³/mol. The summed E-state index contributed by atoms with van der Waals surface area (Å²) in [6.07, 6.45) is 8.14. The Labute approximate surface area is 222 Å². The SMILES string of the molecule is CC(C)c1c(-c2ccnc3[nH]ncc23)[nH]c2ccc(C3CCN(Cc4cnc5ccccc5c4)CC3)cc12. The number of benzene rings is 2. The number of H-pyrrole nitrogens is 2. The highest BCUT2D eigenvalue weighted by molar-refractivity contribution is 5.98. The molecule has 1 aliphatic rings. The molecule has 0 radical (unpaired) electrons. The second kappa shape index (κ2) is 9.37. The lowest BCUT2D eigenvalue weighted by Crippen LogP contribution is -2.32. The highest BCUT2D eigenvalue weighted by atomic mass is 15.1. The Morgan fingerprint density at radius 2 is 1.82 bits per heavy atom. The van der Waals surface area contributed by atoms with Gasteiger partial charge in [-0.1, -0.05) is 38.1 Å². The van der Waals surface area contributed by atoms with Gasteiger partial charge in [-0.2, -0.15) is 5.10 Å². The van der Waals surface area contributed by atoms with E-state index < -0.39 is 0 Å². The van der Waals surface area contributed by atoms with Crippen molar-refractivity contribution in [2.24, 2.45) is 0 Å². The molecule has 190 valence electrons. The molecule has 6 aromatic rings. The van der Waals surface area contributed by atoms with Crippen LogP contribution in [0.5, 0.6) is 0 Å². The number of pyridine rings is 2. The molecule has 7 rings (SSSR count). The smallest absolute Gasteiger partial charge is 0.155 e. The summed E-state index contributed by atoms with van der Waals surface area (Å²) in [5.74, 6) is 0.978. The van der Waals surface area contributed by atoms with Crippen molar-refractivity contribution in [2.45, 2.75) is 45.1 Å². The number of nitrogens with one attached hydrogen (secondary N) is 2. The van der Waals surface area contributed by atoms with Crippen molar-refractivity contribution in [1.29, 1.82) is 0 Å². The Hall–Kier alpha value is -4.03. The van der Waals surface area contributed by atoms with Gasteiger partial charge in [0.1, 0.15) is 0 Å². The molecule has 0 saturated carbocycles. The maximum absolute atomic E-state index is 4.66. The van der Waals surface area contributed by atoms with Gasteiger partial charge in [-0.15, -0.1) is 0 Å². The molecular formula is C32H32N6. The fourth-order valence-corrected chi connectivity index (χ4v) is 6.25. The first-order valence-electron chi connectivity index (χ1n) is 13.6. The van der Waals surface area contributed by atoms with Gasteiger partial charge in [0.25, 0.3) is 0 Å². The lowest BCUT2D eigenvalue weighted by molar-refractivity contribution is 0.204. The van der Waals surface area contributed by atoms with Crippen LogP contribution >= 0.6 is 0 Å². The molecule has 2 N–H and O–H groups in total. The highest BCUT2D eigenvalue weighted by Crippen LogP contribution is 2.40. The first-order valence-corrected chi connectivity index (χ1v) is 13.6. The molecular weight excluding hydrogens is 468 g/mol. The van der Waals surface area contributed by atoms with Crippen LogP contribution in [-0.4, -0.2) is 43.1 Å². The van der Waals surface area contributed by atoms with Crippen LogP contribution in [0.3, 0.4) is 0 Å². The average molecular weight is 501 g/mol. The van der Waals surface area contributed by atoms with E-state index in [0.717, 1.165) is 41.7 Å². The lowest BCUT2D eigenvalue weighted by atomic mass is 9.87. The molecule has 0 unspecified atom stereocenters. The van der Waals surface area contributed by atoms with E-state index in [2.05, 4.69) is 92.4 Å². The Morgan fingerprint density at radius 3 is 2.68 bits per heavy atom. The van der Waals surface area contributed by atoms with Gasteiger partial charge < -0.3 is 4.98 Å². The molecule has 0 atom stereocenters. The zero-order valence-electron chi connectivity index (χ0n) is 21.9. The summed E-state index contributed by atoms with van der Waals surface area (Å²) in [6, 6.07) is 19.8. The number of fused-ring (bicyclic) bond motifs is 3. The molecule has 5 heterocycles. The van der Waals surface area contributed by atoms with Crippen molar-refractivity contribution in [2.75, 3.05) is 13.1 Å². The predicted octanol–water partition coefficient (Wildman–Crippen LogP) is 7.16. The van der Waals surface area contributed by atoms with Crippen LogP contribution in [0.15, 0.2) is 73.2 Å². The topological polar surface area (TPSA) is 73.5 Å². The maximum Gasteiger partial charge on any atom is 0.155 e. The van der Waals surface area contributed by atoms with Gasteiger partial charge in [0, 0.05) is 46.2 Å². The van der Waals surface area contributed by atoms with Gasteiger partial charge >= 0.3 is 0 Å². The van der Waals surface area contributed by atoms with Crippen molar-refractivity contribution in [3.63, 3.8) is 0 Å². The second-order valence-corrected chi connectivity index (χ2v) is 11.0. The molecule has 1 saturated heterocycles. The second-order valence-electron chi connectivity index (χ2n) is 11.0. The third-order valence-electron chi connectivity index (χ3n) is 8.18. The van der Waals surface area contributed by atoms with Crippen LogP contribution < -0.4 is 0 Å². The van der Waals surface area contributed by atoms with Gasteiger partial charge in [-0.25, -0.2) is 4.98 Å². The van der Waals surface area contributed by atoms with Crippen molar-refractivity contribution in [3.8, 4) is 11.3 Å². The lowest BCUT2D eigenvalue weighted by Gasteiger charge is -2.32. The number of likely N-dealkylation sites (tertiary alicyclic amines) is 1. The molecule has 0 amide bonds. The van der Waals surface area contributed by atoms with E-state index in [-0.39, 0.29) is 0 Å². The molecule has 4 aromatic heterocycles. The van der Waals surface area contributed by atoms with Gasteiger partial charge in [0.15, 0.2) is 5.65 Å². The Bertz CT molecular complexity index is 1750. The van der Waals surface area contributed by atoms with Crippen molar-refractivity contribution in [3.05, 3.63) is 89.9 Å². The number of hydrogen-bond acceptors (Lipinski definition) is 4. The number of rotatable bonds is 5. The van der Waals surface area contributed by atoms with E-state index in [9.17, 15) is 0 Å². The van der Waals surface area contributed by atoms with Gasteiger partial charge in [-0.3, -0.25) is 15.0 Å². The summed E-state index contributed by atoms with van der Waals surface area (Å²) in [5, 5.41) is 10.8. The number of piperidine rings is 1. The van der Waals surface area contributed by atoms with Crippen LogP contribution in [0.25, 0.3) is 44.1 Å². The molecule has 0 aliphatic carbocycles. The van der Waals surface area contributed by atoms with E-state index >= 15 is 0 Å². The van der Waals surface area contributed by atoms with E-state index in [0.29, 0.717) is 11.8 Å². The van der Waals surface area contributed by atoms with Crippen molar-refractivity contribution >= 4 is 32.8 Å². The Morgan fingerprint density at radius 1 is 0.947 bits per heavy atom. The Balaban J connectivity index is 1.13. The molecule has 38 heavy (non-hydrogen) atoms. The average Bonchev–Trinajstić information content (AvgIpc) is 3.58. The quantitative estimate of drug-likeness (QED) is 0.263. The normalized spacial score (nSPS) is 15.3. The van der Waals surface area contributed by atoms with E-state index in [1.54, 1.807) is 0 Å². The monoisotopic (exact) mass is 500 g/mol. The fraction of sp³-hybridized carbons (Fsp3) is 0.281. The third kappa shape index (κ3) is 4.05. The van der Waals surface area contributed by atoms with Crippen LogP contribution in [0.4, 0.5) is 0 Å². The van der Waals surface area contributed by atoms with Crippen molar-refractivity contribution in [1.82, 2.24) is 30.0 Å². The minimum atomic E-state index is 0.390. The molecule has 6 nitrogen and oxygen atoms in total. The summed E-state index contributed by atoms with van der Waals surface area (Å²) < 4.78 is 0. The van der Waals surface area contributed by atoms with Gasteiger partial charge in [-0.05, 0) is 84.8 Å². The minimum Gasteiger partial charge on any atom is -0.354 e. The zero-order valence-corrected chi connectivity index (χ0v) is 21.9. The van der Waals surface area contributed by atoms with Gasteiger partial charge in [0.05, 0.1) is 17.4 Å². The molecule has 6 heteroatoms. The van der Waals surface area contributed by atoms with Crippen molar-refractivity contribution < 1.29 is 0 Å². The van der Waals surface area contributed by atoms with Crippen LogP contribution in [-0.2, 0) is 6.54 Å². The number of para-hydroxylation sites is 1. The zero-order chi connectivity index (χ0) is 25.6. The third-order valence-corrected chi connectivity index (χ3v) is 8.18. The van der Waals surface area contributed by atoms with Crippen LogP contribution in [0.1, 0.15) is 55.2 Å². The number of nitrogens with zero attached hydrogens (tertiary/aromatic N) is 4. The number of aromatic nitrogens is 5. The van der Waals surface area contributed by atoms with Gasteiger partial charge in [0.2, 0.25) is 0 Å².